The van der Waals surface area contributed by atoms with Crippen molar-refractivity contribution in [1.29, 1.82) is 0 Å². The molecule has 0 radical (unpaired) electrons. The molecule has 0 spiro atoms. The summed E-state index contributed by atoms with van der Waals surface area (Å²) in [6, 6.07) is 10.4. The molecule has 178 valence electrons. The highest BCUT2D eigenvalue weighted by Gasteiger charge is 2.43. The van der Waals surface area contributed by atoms with Crippen molar-refractivity contribution in [2.75, 3.05) is 7.11 Å². The number of nitrogens with zero attached hydrogens (tertiary/aromatic N) is 3. The number of aromatic amines is 1. The number of aromatic hydroxyl groups is 2. The standard InChI is InChI=1S/C26H23BrN4O4/c1-13-7-14(2)24(32)17(8-13)21-20-22(30-29-21)26(34)31(12-15-5-4-6-28-11-15)23(20)16-9-18(27)25(33)19(10-16)35-3/h4-11,23,32-33H,12H2,1-3H3,(H,29,30)/t23-/m0/s1. The summed E-state index contributed by atoms with van der Waals surface area (Å²) >= 11 is 3.40. The van der Waals surface area contributed by atoms with Crippen molar-refractivity contribution in [2.45, 2.75) is 26.4 Å². The van der Waals surface area contributed by atoms with Crippen LogP contribution in [0.25, 0.3) is 11.3 Å². The minimum Gasteiger partial charge on any atom is -0.507 e. The van der Waals surface area contributed by atoms with E-state index in [0.29, 0.717) is 39.1 Å². The van der Waals surface area contributed by atoms with Crippen LogP contribution in [0.1, 0.15) is 44.3 Å². The molecule has 0 unspecified atom stereocenters. The first kappa shape index (κ1) is 22.9. The van der Waals surface area contributed by atoms with E-state index in [1.165, 1.54) is 7.11 Å². The number of carbonyl (C=O) groups is 1. The average molecular weight is 535 g/mol. The Bertz CT molecular complexity index is 1450. The van der Waals surface area contributed by atoms with Gasteiger partial charge in [0.05, 0.1) is 17.6 Å². The van der Waals surface area contributed by atoms with Crippen molar-refractivity contribution in [3.63, 3.8) is 0 Å². The highest BCUT2D eigenvalue weighted by atomic mass is 79.9. The van der Waals surface area contributed by atoms with Crippen LogP contribution in [0.3, 0.4) is 0 Å². The summed E-state index contributed by atoms with van der Waals surface area (Å²) in [5.74, 6) is 0.140. The minimum atomic E-state index is -0.558. The molecule has 8 nitrogen and oxygen atoms in total. The zero-order valence-corrected chi connectivity index (χ0v) is 20.9. The molecule has 3 N–H and O–H groups in total. The Labute approximate surface area is 210 Å². The number of hydrogen-bond donors (Lipinski definition) is 3. The van der Waals surface area contributed by atoms with Crippen LogP contribution >= 0.6 is 15.9 Å². The zero-order valence-electron chi connectivity index (χ0n) is 19.3. The summed E-state index contributed by atoms with van der Waals surface area (Å²) in [4.78, 5) is 19.5. The zero-order chi connectivity index (χ0) is 24.9. The van der Waals surface area contributed by atoms with Gasteiger partial charge in [0.15, 0.2) is 11.5 Å². The molecule has 0 bridgehead atoms. The van der Waals surface area contributed by atoms with Gasteiger partial charge in [-0.25, -0.2) is 0 Å². The van der Waals surface area contributed by atoms with Crippen LogP contribution in [-0.2, 0) is 6.54 Å². The molecular formula is C26H23BrN4O4. The summed E-state index contributed by atoms with van der Waals surface area (Å²) in [5, 5.41) is 28.7. The number of carbonyl (C=O) groups excluding carboxylic acids is 1. The number of aromatic nitrogens is 3. The maximum Gasteiger partial charge on any atom is 0.273 e. The fourth-order valence-electron chi connectivity index (χ4n) is 4.65. The molecule has 0 saturated heterocycles. The lowest BCUT2D eigenvalue weighted by Crippen LogP contribution is -2.29. The quantitative estimate of drug-likeness (QED) is 0.331. The second kappa shape index (κ2) is 8.74. The Balaban J connectivity index is 1.74. The Hall–Kier alpha value is -3.85. The van der Waals surface area contributed by atoms with Gasteiger partial charge in [-0.05, 0) is 76.3 Å². The van der Waals surface area contributed by atoms with Crippen molar-refractivity contribution in [2.24, 2.45) is 0 Å². The number of nitrogens with one attached hydrogen (secondary N) is 1. The van der Waals surface area contributed by atoms with E-state index in [4.69, 9.17) is 4.74 Å². The van der Waals surface area contributed by atoms with Gasteiger partial charge in [-0.15, -0.1) is 0 Å². The van der Waals surface area contributed by atoms with Gasteiger partial charge in [-0.2, -0.15) is 5.10 Å². The fourth-order valence-corrected chi connectivity index (χ4v) is 5.11. The maximum absolute atomic E-state index is 13.6. The third-order valence-electron chi connectivity index (χ3n) is 6.23. The predicted octanol–water partition coefficient (Wildman–Crippen LogP) is 5.02. The molecule has 4 aromatic rings. The number of phenolic OH excluding ortho intramolecular Hbond substituents is 2. The lowest BCUT2D eigenvalue weighted by Gasteiger charge is -2.27. The highest BCUT2D eigenvalue weighted by molar-refractivity contribution is 9.10. The Kier molecular flexibility index (Phi) is 5.72. The molecule has 3 heterocycles. The van der Waals surface area contributed by atoms with Crippen molar-refractivity contribution >= 4 is 21.8 Å². The summed E-state index contributed by atoms with van der Waals surface area (Å²) < 4.78 is 5.82. The summed E-state index contributed by atoms with van der Waals surface area (Å²) in [7, 11) is 1.47. The molecule has 1 amide bonds. The first-order valence-corrected chi connectivity index (χ1v) is 11.7. The van der Waals surface area contributed by atoms with Crippen LogP contribution < -0.4 is 4.74 Å². The number of ether oxygens (including phenoxy) is 1. The van der Waals surface area contributed by atoms with Gasteiger partial charge >= 0.3 is 0 Å². The predicted molar refractivity (Wildman–Crippen MR) is 133 cm³/mol. The third-order valence-corrected chi connectivity index (χ3v) is 6.83. The van der Waals surface area contributed by atoms with Gasteiger partial charge in [0.2, 0.25) is 0 Å². The van der Waals surface area contributed by atoms with E-state index < -0.39 is 6.04 Å². The second-order valence-electron chi connectivity index (χ2n) is 8.59. The molecule has 0 fully saturated rings. The van der Waals surface area contributed by atoms with Gasteiger partial charge < -0.3 is 19.8 Å². The van der Waals surface area contributed by atoms with Crippen molar-refractivity contribution in [3.05, 3.63) is 86.8 Å². The first-order chi connectivity index (χ1) is 16.8. The molecule has 1 atom stereocenters. The number of fused-ring (bicyclic) bond motifs is 1. The second-order valence-corrected chi connectivity index (χ2v) is 9.44. The molecule has 2 aromatic carbocycles. The molecule has 2 aromatic heterocycles. The van der Waals surface area contributed by atoms with Gasteiger partial charge in [0.25, 0.3) is 5.91 Å². The molecule has 35 heavy (non-hydrogen) atoms. The SMILES string of the molecule is COc1cc([C@H]2c3c(-c4cc(C)cc(C)c4O)n[nH]c3C(=O)N2Cc2cccnc2)cc(Br)c1O. The smallest absolute Gasteiger partial charge is 0.273 e. The Morgan fingerprint density at radius 2 is 1.97 bits per heavy atom. The molecule has 9 heteroatoms. The monoisotopic (exact) mass is 534 g/mol. The average Bonchev–Trinajstić information content (AvgIpc) is 3.38. The Morgan fingerprint density at radius 1 is 1.17 bits per heavy atom. The molecule has 1 aliphatic heterocycles. The normalized spacial score (nSPS) is 14.9. The first-order valence-electron chi connectivity index (χ1n) is 10.9. The van der Waals surface area contributed by atoms with E-state index in [1.54, 1.807) is 29.4 Å². The molecule has 0 aliphatic carbocycles. The van der Waals surface area contributed by atoms with E-state index in [1.807, 2.05) is 38.1 Å². The lowest BCUT2D eigenvalue weighted by atomic mass is 9.93. The van der Waals surface area contributed by atoms with E-state index in [2.05, 4.69) is 31.1 Å². The van der Waals surface area contributed by atoms with Crippen LogP contribution in [0.15, 0.2) is 53.3 Å². The number of rotatable bonds is 5. The summed E-state index contributed by atoms with van der Waals surface area (Å²) in [5.41, 5.74) is 5.33. The van der Waals surface area contributed by atoms with Crippen LogP contribution in [0.2, 0.25) is 0 Å². The van der Waals surface area contributed by atoms with Gasteiger partial charge in [0.1, 0.15) is 17.1 Å². The number of pyridine rings is 1. The van der Waals surface area contributed by atoms with Crippen molar-refractivity contribution < 1.29 is 19.7 Å². The highest BCUT2D eigenvalue weighted by Crippen LogP contribution is 2.48. The van der Waals surface area contributed by atoms with Crippen LogP contribution in [0.5, 0.6) is 17.2 Å². The Morgan fingerprint density at radius 3 is 2.69 bits per heavy atom. The van der Waals surface area contributed by atoms with Crippen LogP contribution in [0, 0.1) is 13.8 Å². The lowest BCUT2D eigenvalue weighted by molar-refractivity contribution is 0.0729. The van der Waals surface area contributed by atoms with E-state index in [-0.39, 0.29) is 23.2 Å². The molecule has 0 saturated carbocycles. The topological polar surface area (TPSA) is 112 Å². The number of phenols is 2. The molecular weight excluding hydrogens is 512 g/mol. The minimum absolute atomic E-state index is 0.0287. The van der Waals surface area contributed by atoms with E-state index in [9.17, 15) is 15.0 Å². The van der Waals surface area contributed by atoms with E-state index >= 15 is 0 Å². The maximum atomic E-state index is 13.6. The fraction of sp³-hybridized carbons (Fsp3) is 0.192. The van der Waals surface area contributed by atoms with Gasteiger partial charge in [-0.1, -0.05) is 12.1 Å². The summed E-state index contributed by atoms with van der Waals surface area (Å²) in [6.07, 6.45) is 3.40. The number of H-pyrrole nitrogens is 1. The van der Waals surface area contributed by atoms with Crippen LogP contribution in [-0.4, -0.2) is 43.3 Å². The van der Waals surface area contributed by atoms with Crippen LogP contribution in [0.4, 0.5) is 0 Å². The van der Waals surface area contributed by atoms with E-state index in [0.717, 1.165) is 16.7 Å². The number of amides is 1. The molecule has 5 rings (SSSR count). The number of hydrogen-bond acceptors (Lipinski definition) is 6. The third kappa shape index (κ3) is 3.81. The van der Waals surface area contributed by atoms with Crippen molar-refractivity contribution in [1.82, 2.24) is 20.1 Å². The largest absolute Gasteiger partial charge is 0.507 e. The summed E-state index contributed by atoms with van der Waals surface area (Å²) in [6.45, 7) is 4.08. The number of aryl methyl sites for hydroxylation is 2. The van der Waals surface area contributed by atoms with Gasteiger partial charge in [-0.3, -0.25) is 14.9 Å². The number of halogens is 1. The van der Waals surface area contributed by atoms with Crippen molar-refractivity contribution in [3.8, 4) is 28.5 Å². The number of methoxy groups -OCH3 is 1. The number of benzene rings is 2. The molecule has 1 aliphatic rings. The van der Waals surface area contributed by atoms with Gasteiger partial charge in [0, 0.05) is 30.1 Å².